The van der Waals surface area contributed by atoms with Crippen molar-refractivity contribution < 1.29 is 8.42 Å². The number of thioether (sulfide) groups is 1. The summed E-state index contributed by atoms with van der Waals surface area (Å²) >= 11 is 1.69. The van der Waals surface area contributed by atoms with E-state index < -0.39 is 9.84 Å². The van der Waals surface area contributed by atoms with Gasteiger partial charge in [-0.3, -0.25) is 0 Å². The van der Waals surface area contributed by atoms with Gasteiger partial charge in [-0.2, -0.15) is 0 Å². The summed E-state index contributed by atoms with van der Waals surface area (Å²) in [4.78, 5) is 0. The standard InChI is InChI=1S/C21H31N3O2S2/c1-14-9-17(21(3,4)5)10-15(2)18(14)12-27-20-23-22-19(24(20)6)11-16-7-8-28(25,26)13-16/h9-10,16H,7-8,11-13H2,1-6H3. The number of hydrogen-bond acceptors (Lipinski definition) is 5. The molecule has 2 heterocycles. The van der Waals surface area contributed by atoms with Gasteiger partial charge in [-0.05, 0) is 53.9 Å². The van der Waals surface area contributed by atoms with Gasteiger partial charge in [0.05, 0.1) is 11.5 Å². The van der Waals surface area contributed by atoms with E-state index in [4.69, 9.17) is 0 Å². The molecule has 1 aliphatic rings. The largest absolute Gasteiger partial charge is 0.309 e. The Morgan fingerprint density at radius 2 is 1.82 bits per heavy atom. The molecule has 0 aliphatic carbocycles. The minimum absolute atomic E-state index is 0.146. The fourth-order valence-corrected chi connectivity index (χ4v) is 6.72. The van der Waals surface area contributed by atoms with E-state index in [9.17, 15) is 8.42 Å². The van der Waals surface area contributed by atoms with Crippen LogP contribution in [0.4, 0.5) is 0 Å². The maximum atomic E-state index is 11.7. The molecule has 1 aromatic heterocycles. The lowest BCUT2D eigenvalue weighted by atomic mass is 9.84. The Morgan fingerprint density at radius 1 is 1.18 bits per heavy atom. The summed E-state index contributed by atoms with van der Waals surface area (Å²) in [6.45, 7) is 11.1. The topological polar surface area (TPSA) is 64.8 Å². The van der Waals surface area contributed by atoms with Gasteiger partial charge >= 0.3 is 0 Å². The first-order chi connectivity index (χ1) is 13.0. The van der Waals surface area contributed by atoms with E-state index in [1.165, 1.54) is 22.3 Å². The first-order valence-electron chi connectivity index (χ1n) is 9.78. The zero-order chi connectivity index (χ0) is 20.7. The second-order valence-corrected chi connectivity index (χ2v) is 12.2. The van der Waals surface area contributed by atoms with Crippen molar-refractivity contribution >= 4 is 21.6 Å². The van der Waals surface area contributed by atoms with Gasteiger partial charge in [0.1, 0.15) is 5.82 Å². The molecule has 5 nitrogen and oxygen atoms in total. The molecular weight excluding hydrogens is 390 g/mol. The van der Waals surface area contributed by atoms with Crippen LogP contribution in [0, 0.1) is 19.8 Å². The summed E-state index contributed by atoms with van der Waals surface area (Å²) in [7, 11) is -0.878. The van der Waals surface area contributed by atoms with Crippen molar-refractivity contribution in [2.45, 2.75) is 63.8 Å². The van der Waals surface area contributed by atoms with Gasteiger partial charge in [0.15, 0.2) is 15.0 Å². The Kier molecular flexibility index (Phi) is 5.97. The van der Waals surface area contributed by atoms with E-state index in [2.05, 4.69) is 56.9 Å². The third-order valence-corrected chi connectivity index (χ3v) is 8.51. The highest BCUT2D eigenvalue weighted by Gasteiger charge is 2.29. The van der Waals surface area contributed by atoms with E-state index in [0.29, 0.717) is 12.2 Å². The third kappa shape index (κ3) is 4.79. The van der Waals surface area contributed by atoms with Crippen molar-refractivity contribution in [3.8, 4) is 0 Å². The van der Waals surface area contributed by atoms with Crippen LogP contribution in [0.5, 0.6) is 0 Å². The number of benzene rings is 1. The van der Waals surface area contributed by atoms with E-state index in [1.807, 2.05) is 11.6 Å². The predicted octanol–water partition coefficient (Wildman–Crippen LogP) is 4.00. The van der Waals surface area contributed by atoms with Gasteiger partial charge in [-0.15, -0.1) is 10.2 Å². The average Bonchev–Trinajstić information content (AvgIpc) is 3.09. The normalized spacial score (nSPS) is 19.3. The van der Waals surface area contributed by atoms with Crippen molar-refractivity contribution in [1.29, 1.82) is 0 Å². The molecule has 0 saturated carbocycles. The smallest absolute Gasteiger partial charge is 0.191 e. The second-order valence-electron chi connectivity index (χ2n) is 9.06. The van der Waals surface area contributed by atoms with Crippen LogP contribution in [0.15, 0.2) is 17.3 Å². The number of nitrogens with zero attached hydrogens (tertiary/aromatic N) is 3. The summed E-state index contributed by atoms with van der Waals surface area (Å²) in [6.07, 6.45) is 1.41. The van der Waals surface area contributed by atoms with Crippen LogP contribution >= 0.6 is 11.8 Å². The summed E-state index contributed by atoms with van der Waals surface area (Å²) in [6, 6.07) is 4.59. The minimum atomic E-state index is -2.85. The molecule has 1 aliphatic heterocycles. The quantitative estimate of drug-likeness (QED) is 0.683. The minimum Gasteiger partial charge on any atom is -0.309 e. The number of rotatable bonds is 5. The summed E-state index contributed by atoms with van der Waals surface area (Å²) in [5.41, 5.74) is 5.49. The van der Waals surface area contributed by atoms with Crippen LogP contribution in [0.2, 0.25) is 0 Å². The fraction of sp³-hybridized carbons (Fsp3) is 0.619. The Hall–Kier alpha value is -1.34. The third-order valence-electron chi connectivity index (χ3n) is 5.63. The molecular formula is C21H31N3O2S2. The second kappa shape index (κ2) is 7.82. The monoisotopic (exact) mass is 421 g/mol. The summed E-state index contributed by atoms with van der Waals surface area (Å²) in [5.74, 6) is 2.48. The van der Waals surface area contributed by atoms with Gasteiger partial charge in [-0.1, -0.05) is 44.7 Å². The lowest BCUT2D eigenvalue weighted by molar-refractivity contribution is 0.552. The van der Waals surface area contributed by atoms with Crippen LogP contribution in [0.25, 0.3) is 0 Å². The fourth-order valence-electron chi connectivity index (χ4n) is 3.73. The van der Waals surface area contributed by atoms with E-state index in [0.717, 1.165) is 23.2 Å². The highest BCUT2D eigenvalue weighted by atomic mass is 32.2. The zero-order valence-corrected chi connectivity index (χ0v) is 19.4. The van der Waals surface area contributed by atoms with Crippen LogP contribution in [-0.4, -0.2) is 34.7 Å². The molecule has 154 valence electrons. The molecule has 0 amide bonds. The lowest BCUT2D eigenvalue weighted by Crippen LogP contribution is -2.12. The van der Waals surface area contributed by atoms with E-state index in [-0.39, 0.29) is 17.1 Å². The Morgan fingerprint density at radius 3 is 2.36 bits per heavy atom. The molecule has 0 bridgehead atoms. The average molecular weight is 422 g/mol. The van der Waals surface area contributed by atoms with Crippen molar-refractivity contribution in [2.75, 3.05) is 11.5 Å². The molecule has 0 spiro atoms. The van der Waals surface area contributed by atoms with Crippen LogP contribution in [0.3, 0.4) is 0 Å². The van der Waals surface area contributed by atoms with Gasteiger partial charge in [0.2, 0.25) is 0 Å². The molecule has 3 rings (SSSR count). The molecule has 28 heavy (non-hydrogen) atoms. The molecule has 2 aromatic rings. The Labute approximate surface area is 173 Å². The first-order valence-corrected chi connectivity index (χ1v) is 12.6. The Bertz CT molecular complexity index is 949. The number of aryl methyl sites for hydroxylation is 2. The maximum Gasteiger partial charge on any atom is 0.191 e. The highest BCUT2D eigenvalue weighted by molar-refractivity contribution is 7.98. The van der Waals surface area contributed by atoms with Crippen molar-refractivity contribution in [1.82, 2.24) is 14.8 Å². The van der Waals surface area contributed by atoms with Crippen LogP contribution in [-0.2, 0) is 34.5 Å². The summed E-state index contributed by atoms with van der Waals surface area (Å²) in [5, 5.41) is 9.56. The molecule has 1 unspecified atom stereocenters. The molecule has 0 N–H and O–H groups in total. The number of aromatic nitrogens is 3. The van der Waals surface area contributed by atoms with Gasteiger partial charge < -0.3 is 4.57 Å². The first kappa shape index (κ1) is 21.4. The lowest BCUT2D eigenvalue weighted by Gasteiger charge is -2.22. The van der Waals surface area contributed by atoms with E-state index >= 15 is 0 Å². The van der Waals surface area contributed by atoms with Gasteiger partial charge in [-0.25, -0.2) is 8.42 Å². The van der Waals surface area contributed by atoms with Crippen LogP contribution in [0.1, 0.15) is 55.3 Å². The maximum absolute atomic E-state index is 11.7. The zero-order valence-electron chi connectivity index (χ0n) is 17.7. The van der Waals surface area contributed by atoms with Gasteiger partial charge in [0, 0.05) is 19.2 Å². The molecule has 1 aromatic carbocycles. The molecule has 1 fully saturated rings. The number of hydrogen-bond donors (Lipinski definition) is 0. The van der Waals surface area contributed by atoms with Gasteiger partial charge in [0.25, 0.3) is 0 Å². The number of sulfone groups is 1. The molecule has 0 radical (unpaired) electrons. The predicted molar refractivity (Wildman–Crippen MR) is 116 cm³/mol. The highest BCUT2D eigenvalue weighted by Crippen LogP contribution is 2.31. The SMILES string of the molecule is Cc1cc(C(C)(C)C)cc(C)c1CSc1nnc(CC2CCS(=O)(=O)C2)n1C. The Balaban J connectivity index is 1.70. The van der Waals surface area contributed by atoms with Crippen molar-refractivity contribution in [3.63, 3.8) is 0 Å². The molecule has 1 atom stereocenters. The molecule has 7 heteroatoms. The summed E-state index contributed by atoms with van der Waals surface area (Å²) < 4.78 is 25.4. The van der Waals surface area contributed by atoms with Crippen molar-refractivity contribution in [3.05, 3.63) is 40.2 Å². The van der Waals surface area contributed by atoms with Crippen LogP contribution < -0.4 is 0 Å². The van der Waals surface area contributed by atoms with Crippen molar-refractivity contribution in [2.24, 2.45) is 13.0 Å². The van der Waals surface area contributed by atoms with E-state index in [1.54, 1.807) is 11.8 Å². The molecule has 1 saturated heterocycles.